The van der Waals surface area contributed by atoms with Crippen molar-refractivity contribution in [2.24, 2.45) is 0 Å². The van der Waals surface area contributed by atoms with Crippen molar-refractivity contribution in [1.29, 1.82) is 0 Å². The Morgan fingerprint density at radius 3 is 2.29 bits per heavy atom. The monoisotopic (exact) mass is 344 g/mol. The Kier molecular flexibility index (Phi) is 4.64. The van der Waals surface area contributed by atoms with E-state index in [-0.39, 0.29) is 11.9 Å². The first kappa shape index (κ1) is 16.2. The first-order chi connectivity index (χ1) is 11.5. The standard InChI is InChI=1S/C16H17ClN6O/c1-23(9-14-20-15(18)22-16(19)21-14)8-12-6-7-13(24-12)10-2-4-11(17)5-3-10/h2-7H,8-9H2,1H3,(H4,18,19,20,21,22). The van der Waals surface area contributed by atoms with Crippen LogP contribution in [0.3, 0.4) is 0 Å². The molecule has 0 spiro atoms. The molecule has 24 heavy (non-hydrogen) atoms. The second kappa shape index (κ2) is 6.86. The van der Waals surface area contributed by atoms with Gasteiger partial charge in [0.2, 0.25) is 11.9 Å². The molecule has 0 fully saturated rings. The van der Waals surface area contributed by atoms with E-state index in [0.29, 0.717) is 23.9 Å². The number of anilines is 2. The van der Waals surface area contributed by atoms with Gasteiger partial charge in [-0.2, -0.15) is 15.0 Å². The summed E-state index contributed by atoms with van der Waals surface area (Å²) in [7, 11) is 1.93. The second-order valence-corrected chi connectivity index (χ2v) is 5.85. The van der Waals surface area contributed by atoms with Gasteiger partial charge in [-0.3, -0.25) is 4.90 Å². The van der Waals surface area contributed by atoms with Gasteiger partial charge < -0.3 is 15.9 Å². The lowest BCUT2D eigenvalue weighted by atomic mass is 10.2. The predicted molar refractivity (Wildman–Crippen MR) is 93.0 cm³/mol. The predicted octanol–water partition coefficient (Wildman–Crippen LogP) is 2.58. The summed E-state index contributed by atoms with van der Waals surface area (Å²) in [6, 6.07) is 11.4. The third kappa shape index (κ3) is 4.01. The lowest BCUT2D eigenvalue weighted by molar-refractivity contribution is 0.283. The van der Waals surface area contributed by atoms with E-state index in [1.807, 2.05) is 48.3 Å². The van der Waals surface area contributed by atoms with E-state index >= 15 is 0 Å². The minimum Gasteiger partial charge on any atom is -0.460 e. The van der Waals surface area contributed by atoms with E-state index in [1.165, 1.54) is 0 Å². The molecular formula is C16H17ClN6O. The third-order valence-corrected chi connectivity index (χ3v) is 3.60. The molecule has 2 aromatic heterocycles. The summed E-state index contributed by atoms with van der Waals surface area (Å²) in [5, 5.41) is 0.696. The van der Waals surface area contributed by atoms with Gasteiger partial charge in [0.05, 0.1) is 13.1 Å². The van der Waals surface area contributed by atoms with Crippen molar-refractivity contribution in [2.45, 2.75) is 13.1 Å². The van der Waals surface area contributed by atoms with Gasteiger partial charge in [0.1, 0.15) is 17.3 Å². The third-order valence-electron chi connectivity index (χ3n) is 3.34. The molecule has 0 radical (unpaired) electrons. The maximum atomic E-state index is 5.90. The van der Waals surface area contributed by atoms with Crippen molar-refractivity contribution in [1.82, 2.24) is 19.9 Å². The number of nitrogens with zero attached hydrogens (tertiary/aromatic N) is 4. The number of hydrogen-bond donors (Lipinski definition) is 2. The van der Waals surface area contributed by atoms with Crippen molar-refractivity contribution < 1.29 is 4.42 Å². The van der Waals surface area contributed by atoms with Crippen LogP contribution in [0.4, 0.5) is 11.9 Å². The maximum Gasteiger partial charge on any atom is 0.225 e. The molecule has 0 unspecified atom stereocenters. The minimum absolute atomic E-state index is 0.119. The molecule has 4 N–H and O–H groups in total. The molecule has 0 aliphatic rings. The molecule has 0 saturated heterocycles. The number of nitrogens with two attached hydrogens (primary N) is 2. The van der Waals surface area contributed by atoms with Crippen molar-refractivity contribution in [2.75, 3.05) is 18.5 Å². The molecule has 0 amide bonds. The van der Waals surface area contributed by atoms with Crippen LogP contribution in [0.25, 0.3) is 11.3 Å². The number of nitrogen functional groups attached to an aromatic ring is 2. The Morgan fingerprint density at radius 2 is 1.62 bits per heavy atom. The van der Waals surface area contributed by atoms with Gasteiger partial charge in [-0.15, -0.1) is 0 Å². The summed E-state index contributed by atoms with van der Waals surface area (Å²) in [5.74, 6) is 2.39. The Morgan fingerprint density at radius 1 is 0.958 bits per heavy atom. The van der Waals surface area contributed by atoms with Crippen LogP contribution < -0.4 is 11.5 Å². The maximum absolute atomic E-state index is 5.90. The molecule has 0 aliphatic heterocycles. The zero-order valence-electron chi connectivity index (χ0n) is 13.1. The fraction of sp³-hybridized carbons (Fsp3) is 0.188. The molecule has 7 nitrogen and oxygen atoms in total. The van der Waals surface area contributed by atoms with Crippen molar-refractivity contribution in [3.63, 3.8) is 0 Å². The number of rotatable bonds is 5. The van der Waals surface area contributed by atoms with E-state index in [1.54, 1.807) is 0 Å². The number of aromatic nitrogens is 3. The second-order valence-electron chi connectivity index (χ2n) is 5.41. The van der Waals surface area contributed by atoms with Gasteiger partial charge in [-0.1, -0.05) is 11.6 Å². The summed E-state index contributed by atoms with van der Waals surface area (Å²) >= 11 is 5.90. The summed E-state index contributed by atoms with van der Waals surface area (Å²) in [4.78, 5) is 13.9. The Labute approximate surface area is 144 Å². The molecule has 3 aromatic rings. The number of halogens is 1. The van der Waals surface area contributed by atoms with Crippen molar-refractivity contribution in [3.05, 3.63) is 53.0 Å². The van der Waals surface area contributed by atoms with Crippen LogP contribution >= 0.6 is 11.6 Å². The smallest absolute Gasteiger partial charge is 0.225 e. The zero-order chi connectivity index (χ0) is 17.1. The van der Waals surface area contributed by atoms with E-state index in [2.05, 4.69) is 15.0 Å². The van der Waals surface area contributed by atoms with Gasteiger partial charge in [0.15, 0.2) is 0 Å². The summed E-state index contributed by atoms with van der Waals surface area (Å²) in [6.07, 6.45) is 0. The van der Waals surface area contributed by atoms with Crippen LogP contribution in [-0.2, 0) is 13.1 Å². The Bertz CT molecular complexity index is 813. The number of benzene rings is 1. The highest BCUT2D eigenvalue weighted by Gasteiger charge is 2.10. The van der Waals surface area contributed by atoms with Gasteiger partial charge in [0, 0.05) is 10.6 Å². The highest BCUT2D eigenvalue weighted by Crippen LogP contribution is 2.24. The topological polar surface area (TPSA) is 107 Å². The lowest BCUT2D eigenvalue weighted by Gasteiger charge is -2.14. The van der Waals surface area contributed by atoms with Gasteiger partial charge in [0.25, 0.3) is 0 Å². The molecule has 0 bridgehead atoms. The Balaban J connectivity index is 1.66. The van der Waals surface area contributed by atoms with Crippen molar-refractivity contribution >= 4 is 23.5 Å². The normalized spacial score (nSPS) is 11.1. The SMILES string of the molecule is CN(Cc1nc(N)nc(N)n1)Cc1ccc(-c2ccc(Cl)cc2)o1. The van der Waals surface area contributed by atoms with Crippen LogP contribution in [0, 0.1) is 0 Å². The van der Waals surface area contributed by atoms with Crippen LogP contribution in [0.5, 0.6) is 0 Å². The van der Waals surface area contributed by atoms with Gasteiger partial charge >= 0.3 is 0 Å². The average molecular weight is 345 g/mol. The summed E-state index contributed by atoms with van der Waals surface area (Å²) < 4.78 is 5.88. The average Bonchev–Trinajstić information content (AvgIpc) is 2.95. The molecule has 124 valence electrons. The molecule has 2 heterocycles. The summed E-state index contributed by atoms with van der Waals surface area (Å²) in [5.41, 5.74) is 12.1. The molecule has 1 aromatic carbocycles. The van der Waals surface area contributed by atoms with E-state index < -0.39 is 0 Å². The van der Waals surface area contributed by atoms with Gasteiger partial charge in [-0.05, 0) is 43.4 Å². The fourth-order valence-electron chi connectivity index (χ4n) is 2.32. The number of hydrogen-bond acceptors (Lipinski definition) is 7. The summed E-state index contributed by atoms with van der Waals surface area (Å²) in [6.45, 7) is 1.08. The molecular weight excluding hydrogens is 328 g/mol. The van der Waals surface area contributed by atoms with Crippen LogP contribution in [0.2, 0.25) is 5.02 Å². The molecule has 0 saturated carbocycles. The molecule has 3 rings (SSSR count). The van der Waals surface area contributed by atoms with Crippen LogP contribution in [-0.4, -0.2) is 26.9 Å². The lowest BCUT2D eigenvalue weighted by Crippen LogP contribution is -2.20. The van der Waals surface area contributed by atoms with E-state index in [4.69, 9.17) is 27.5 Å². The van der Waals surface area contributed by atoms with Crippen molar-refractivity contribution in [3.8, 4) is 11.3 Å². The first-order valence-corrected chi connectivity index (χ1v) is 7.66. The zero-order valence-corrected chi connectivity index (χ0v) is 13.9. The highest BCUT2D eigenvalue weighted by molar-refractivity contribution is 6.30. The highest BCUT2D eigenvalue weighted by atomic mass is 35.5. The van der Waals surface area contributed by atoms with Crippen LogP contribution in [0.1, 0.15) is 11.6 Å². The quantitative estimate of drug-likeness (QED) is 0.732. The first-order valence-electron chi connectivity index (χ1n) is 7.29. The molecule has 8 heteroatoms. The minimum atomic E-state index is 0.119. The molecule has 0 atom stereocenters. The van der Waals surface area contributed by atoms with E-state index in [9.17, 15) is 0 Å². The molecule has 0 aliphatic carbocycles. The Hall–Kier alpha value is -2.64. The number of furan rings is 1. The van der Waals surface area contributed by atoms with E-state index in [0.717, 1.165) is 17.1 Å². The fourth-order valence-corrected chi connectivity index (χ4v) is 2.45. The van der Waals surface area contributed by atoms with Gasteiger partial charge in [-0.25, -0.2) is 0 Å². The largest absolute Gasteiger partial charge is 0.460 e. The van der Waals surface area contributed by atoms with Crippen LogP contribution in [0.15, 0.2) is 40.8 Å².